The molecule has 0 spiro atoms. The number of amides is 1. The highest BCUT2D eigenvalue weighted by Gasteiger charge is 2.22. The molecule has 0 aromatic heterocycles. The smallest absolute Gasteiger partial charge is 0.260 e. The van der Waals surface area contributed by atoms with Crippen LogP contribution in [0.4, 0.5) is 5.69 Å². The van der Waals surface area contributed by atoms with Crippen LogP contribution >= 0.6 is 0 Å². The zero-order chi connectivity index (χ0) is 20.9. The molecule has 0 atom stereocenters. The monoisotopic (exact) mass is 409 g/mol. The topological polar surface area (TPSA) is 78.8 Å². The number of fused-ring (bicyclic) bond motifs is 1. The number of hydrazone groups is 1. The van der Waals surface area contributed by atoms with Crippen molar-refractivity contribution in [2.75, 3.05) is 17.1 Å². The molecule has 0 radical (unpaired) electrons. The molecule has 0 saturated carbocycles. The summed E-state index contributed by atoms with van der Waals surface area (Å²) in [6.07, 6.45) is 3.31. The van der Waals surface area contributed by atoms with Gasteiger partial charge in [0, 0.05) is 5.56 Å². The van der Waals surface area contributed by atoms with Crippen LogP contribution in [0.25, 0.3) is 10.8 Å². The second-order valence-corrected chi connectivity index (χ2v) is 8.52. The quantitative estimate of drug-likeness (QED) is 0.480. The number of para-hydroxylation sites is 1. The summed E-state index contributed by atoms with van der Waals surface area (Å²) in [4.78, 5) is 12.4. The first-order valence-electron chi connectivity index (χ1n) is 9.25. The standard InChI is InChI=1S/C22H23N3O3S/c1-3-17-9-5-7-14-21(17)25(29(2,27)28)16-22(26)24-23-15-19-12-8-11-18-10-4-6-13-20(18)19/h4-15H,3,16H2,1-2H3,(H,24,26)/b23-15-. The van der Waals surface area contributed by atoms with Gasteiger partial charge in [0.2, 0.25) is 10.0 Å². The maximum atomic E-state index is 12.4. The van der Waals surface area contributed by atoms with Gasteiger partial charge in [0.05, 0.1) is 18.2 Å². The second-order valence-electron chi connectivity index (χ2n) is 6.61. The number of sulfonamides is 1. The molecular formula is C22H23N3O3S. The Balaban J connectivity index is 1.76. The number of rotatable bonds is 7. The zero-order valence-electron chi connectivity index (χ0n) is 16.4. The average molecular weight is 410 g/mol. The highest BCUT2D eigenvalue weighted by atomic mass is 32.2. The summed E-state index contributed by atoms with van der Waals surface area (Å²) in [6, 6.07) is 20.8. The number of aryl methyl sites for hydroxylation is 1. The molecule has 3 aromatic rings. The van der Waals surface area contributed by atoms with Gasteiger partial charge >= 0.3 is 0 Å². The van der Waals surface area contributed by atoms with E-state index in [4.69, 9.17) is 0 Å². The first-order valence-corrected chi connectivity index (χ1v) is 11.1. The van der Waals surface area contributed by atoms with Gasteiger partial charge in [0.15, 0.2) is 0 Å². The van der Waals surface area contributed by atoms with Crippen molar-refractivity contribution in [1.29, 1.82) is 0 Å². The highest BCUT2D eigenvalue weighted by molar-refractivity contribution is 7.92. The first-order chi connectivity index (χ1) is 13.9. The third-order valence-corrected chi connectivity index (χ3v) is 5.67. The van der Waals surface area contributed by atoms with Gasteiger partial charge < -0.3 is 0 Å². The van der Waals surface area contributed by atoms with Crippen molar-refractivity contribution in [3.63, 3.8) is 0 Å². The van der Waals surface area contributed by atoms with E-state index in [9.17, 15) is 13.2 Å². The molecule has 7 heteroatoms. The number of nitrogens with zero attached hydrogens (tertiary/aromatic N) is 2. The van der Waals surface area contributed by atoms with Crippen molar-refractivity contribution in [3.05, 3.63) is 77.9 Å². The Hall–Kier alpha value is -3.19. The lowest BCUT2D eigenvalue weighted by molar-refractivity contribution is -0.119. The van der Waals surface area contributed by atoms with E-state index in [-0.39, 0.29) is 6.54 Å². The van der Waals surface area contributed by atoms with Crippen molar-refractivity contribution in [2.45, 2.75) is 13.3 Å². The lowest BCUT2D eigenvalue weighted by Gasteiger charge is -2.23. The van der Waals surface area contributed by atoms with Crippen molar-refractivity contribution >= 4 is 38.6 Å². The first kappa shape index (κ1) is 20.5. The van der Waals surface area contributed by atoms with Gasteiger partial charge in [-0.05, 0) is 28.8 Å². The Bertz CT molecular complexity index is 1150. The van der Waals surface area contributed by atoms with Crippen LogP contribution < -0.4 is 9.73 Å². The van der Waals surface area contributed by atoms with Crippen LogP contribution in [0.2, 0.25) is 0 Å². The number of nitrogens with one attached hydrogen (secondary N) is 1. The van der Waals surface area contributed by atoms with Gasteiger partial charge in [-0.3, -0.25) is 9.10 Å². The van der Waals surface area contributed by atoms with Gasteiger partial charge in [-0.2, -0.15) is 5.10 Å². The third-order valence-electron chi connectivity index (χ3n) is 4.55. The second kappa shape index (κ2) is 8.87. The lowest BCUT2D eigenvalue weighted by Crippen LogP contribution is -2.39. The molecule has 0 aliphatic rings. The Labute approximate surface area is 170 Å². The zero-order valence-corrected chi connectivity index (χ0v) is 17.2. The number of hydrogen-bond acceptors (Lipinski definition) is 4. The minimum absolute atomic E-state index is 0.345. The normalized spacial score (nSPS) is 11.7. The van der Waals surface area contributed by atoms with Crippen molar-refractivity contribution < 1.29 is 13.2 Å². The van der Waals surface area contributed by atoms with Crippen LogP contribution in [0.15, 0.2) is 71.8 Å². The van der Waals surface area contributed by atoms with E-state index in [1.54, 1.807) is 18.3 Å². The molecule has 0 heterocycles. The number of benzene rings is 3. The maximum Gasteiger partial charge on any atom is 0.260 e. The minimum Gasteiger partial charge on any atom is -0.271 e. The Morgan fingerprint density at radius 2 is 1.72 bits per heavy atom. The largest absolute Gasteiger partial charge is 0.271 e. The van der Waals surface area contributed by atoms with Crippen LogP contribution in [0.1, 0.15) is 18.1 Å². The number of carbonyl (C=O) groups is 1. The molecule has 0 aliphatic heterocycles. The van der Waals surface area contributed by atoms with Crippen molar-refractivity contribution in [2.24, 2.45) is 5.10 Å². The molecule has 150 valence electrons. The van der Waals surface area contributed by atoms with E-state index in [1.165, 1.54) is 0 Å². The number of hydrogen-bond donors (Lipinski definition) is 1. The van der Waals surface area contributed by atoms with E-state index in [1.807, 2.05) is 61.5 Å². The van der Waals surface area contributed by atoms with Gasteiger partial charge in [0.25, 0.3) is 5.91 Å². The van der Waals surface area contributed by atoms with Crippen LogP contribution in [0.3, 0.4) is 0 Å². The SMILES string of the molecule is CCc1ccccc1N(CC(=O)N/N=C\c1cccc2ccccc12)S(C)(=O)=O. The fourth-order valence-electron chi connectivity index (χ4n) is 3.14. The molecule has 0 bridgehead atoms. The van der Waals surface area contributed by atoms with Gasteiger partial charge in [-0.25, -0.2) is 13.8 Å². The summed E-state index contributed by atoms with van der Waals surface area (Å²) in [6.45, 7) is 1.59. The molecule has 3 rings (SSSR count). The van der Waals surface area contributed by atoms with E-state index in [2.05, 4.69) is 10.5 Å². The molecule has 0 saturated heterocycles. The van der Waals surface area contributed by atoms with Crippen LogP contribution in [-0.2, 0) is 21.2 Å². The number of anilines is 1. The van der Waals surface area contributed by atoms with E-state index in [0.29, 0.717) is 12.1 Å². The Morgan fingerprint density at radius 3 is 2.48 bits per heavy atom. The van der Waals surface area contributed by atoms with E-state index >= 15 is 0 Å². The molecule has 1 N–H and O–H groups in total. The van der Waals surface area contributed by atoms with Crippen molar-refractivity contribution in [1.82, 2.24) is 5.43 Å². The molecule has 29 heavy (non-hydrogen) atoms. The molecule has 0 aliphatic carbocycles. The molecular weight excluding hydrogens is 386 g/mol. The summed E-state index contributed by atoms with van der Waals surface area (Å²) < 4.78 is 25.7. The minimum atomic E-state index is -3.63. The Morgan fingerprint density at radius 1 is 1.03 bits per heavy atom. The van der Waals surface area contributed by atoms with Gasteiger partial charge in [-0.1, -0.05) is 67.6 Å². The molecule has 1 amide bonds. The summed E-state index contributed by atoms with van der Waals surface area (Å²) >= 11 is 0. The average Bonchev–Trinajstić information content (AvgIpc) is 2.71. The van der Waals surface area contributed by atoms with Gasteiger partial charge in [0.1, 0.15) is 6.54 Å². The van der Waals surface area contributed by atoms with Crippen LogP contribution in [-0.4, -0.2) is 33.3 Å². The fourth-order valence-corrected chi connectivity index (χ4v) is 4.02. The summed E-state index contributed by atoms with van der Waals surface area (Å²) in [5.74, 6) is -0.516. The van der Waals surface area contributed by atoms with E-state index < -0.39 is 15.9 Å². The van der Waals surface area contributed by atoms with Crippen LogP contribution in [0, 0.1) is 0 Å². The fraction of sp³-hybridized carbons (Fsp3) is 0.182. The van der Waals surface area contributed by atoms with Crippen molar-refractivity contribution in [3.8, 4) is 0 Å². The molecule has 6 nitrogen and oxygen atoms in total. The predicted octanol–water partition coefficient (Wildman–Crippen LogP) is 3.32. The Kier molecular flexibility index (Phi) is 6.29. The predicted molar refractivity (Wildman–Crippen MR) is 118 cm³/mol. The third kappa shape index (κ3) is 5.00. The summed E-state index contributed by atoms with van der Waals surface area (Å²) in [5.41, 5.74) is 4.65. The maximum absolute atomic E-state index is 12.4. The van der Waals surface area contributed by atoms with Crippen LogP contribution in [0.5, 0.6) is 0 Å². The molecule has 0 unspecified atom stereocenters. The summed E-state index contributed by atoms with van der Waals surface area (Å²) in [5, 5.41) is 6.10. The molecule has 3 aromatic carbocycles. The lowest BCUT2D eigenvalue weighted by atomic mass is 10.1. The van der Waals surface area contributed by atoms with Gasteiger partial charge in [-0.15, -0.1) is 0 Å². The highest BCUT2D eigenvalue weighted by Crippen LogP contribution is 2.23. The summed E-state index contributed by atoms with van der Waals surface area (Å²) in [7, 11) is -3.63. The molecule has 0 fully saturated rings. The number of carbonyl (C=O) groups excluding carboxylic acids is 1. The van der Waals surface area contributed by atoms with E-state index in [0.717, 1.165) is 32.5 Å².